The predicted molar refractivity (Wildman–Crippen MR) is 97.4 cm³/mol. The number of benzene rings is 2. The first-order valence-corrected chi connectivity index (χ1v) is 8.86. The minimum absolute atomic E-state index is 0.597. The molecule has 1 aliphatic heterocycles. The maximum Gasteiger partial charge on any atom is 0.0948 e. The molecule has 0 spiro atoms. The summed E-state index contributed by atoms with van der Waals surface area (Å²) in [6, 6.07) is 17.7. The van der Waals surface area contributed by atoms with Gasteiger partial charge in [0.25, 0.3) is 0 Å². The highest BCUT2D eigenvalue weighted by Crippen LogP contribution is 2.31. The Morgan fingerprint density at radius 3 is 2.33 bits per heavy atom. The van der Waals surface area contributed by atoms with Crippen LogP contribution in [0.1, 0.15) is 17.5 Å². The minimum atomic E-state index is -0.899. The van der Waals surface area contributed by atoms with E-state index >= 15 is 0 Å². The van der Waals surface area contributed by atoms with E-state index in [0.717, 1.165) is 44.0 Å². The molecule has 0 amide bonds. The van der Waals surface area contributed by atoms with Crippen LogP contribution < -0.4 is 0 Å². The van der Waals surface area contributed by atoms with Crippen molar-refractivity contribution < 1.29 is 9.84 Å². The molecule has 1 saturated heterocycles. The van der Waals surface area contributed by atoms with Gasteiger partial charge in [0.15, 0.2) is 0 Å². The van der Waals surface area contributed by atoms with Crippen molar-refractivity contribution in [3.63, 3.8) is 0 Å². The average molecular weight is 346 g/mol. The van der Waals surface area contributed by atoms with Gasteiger partial charge in [0.2, 0.25) is 0 Å². The Morgan fingerprint density at radius 2 is 1.67 bits per heavy atom. The number of morpholine rings is 1. The van der Waals surface area contributed by atoms with Crippen LogP contribution in [-0.2, 0) is 16.8 Å². The molecule has 3 rings (SSSR count). The van der Waals surface area contributed by atoms with Crippen LogP contribution >= 0.6 is 11.6 Å². The van der Waals surface area contributed by atoms with Gasteiger partial charge in [0.05, 0.1) is 18.8 Å². The molecule has 0 unspecified atom stereocenters. The van der Waals surface area contributed by atoms with Crippen molar-refractivity contribution in [2.45, 2.75) is 18.4 Å². The van der Waals surface area contributed by atoms with Crippen molar-refractivity contribution in [3.05, 3.63) is 70.7 Å². The van der Waals surface area contributed by atoms with Crippen LogP contribution in [0.2, 0.25) is 5.02 Å². The lowest BCUT2D eigenvalue weighted by molar-refractivity contribution is -0.00451. The number of ether oxygens (including phenoxy) is 1. The topological polar surface area (TPSA) is 32.7 Å². The molecule has 1 N–H and O–H groups in total. The SMILES string of the molecule is O[C@@](CCN1CCOCC1)(Cc1ccccc1)c1ccc(Cl)cc1. The first-order valence-electron chi connectivity index (χ1n) is 8.48. The summed E-state index contributed by atoms with van der Waals surface area (Å²) >= 11 is 6.02. The van der Waals surface area contributed by atoms with Gasteiger partial charge in [-0.05, 0) is 29.7 Å². The fraction of sp³-hybridized carbons (Fsp3) is 0.400. The zero-order chi connectivity index (χ0) is 16.8. The summed E-state index contributed by atoms with van der Waals surface area (Å²) in [5, 5.41) is 12.1. The van der Waals surface area contributed by atoms with E-state index < -0.39 is 5.60 Å². The zero-order valence-electron chi connectivity index (χ0n) is 13.8. The number of rotatable bonds is 6. The van der Waals surface area contributed by atoms with E-state index in [1.165, 1.54) is 0 Å². The second kappa shape index (κ2) is 8.13. The third kappa shape index (κ3) is 4.58. The summed E-state index contributed by atoms with van der Waals surface area (Å²) in [7, 11) is 0. The molecule has 1 aliphatic rings. The Balaban J connectivity index is 1.77. The molecule has 1 heterocycles. The van der Waals surface area contributed by atoms with Crippen LogP contribution in [0.3, 0.4) is 0 Å². The third-order valence-electron chi connectivity index (χ3n) is 4.67. The van der Waals surface area contributed by atoms with E-state index in [2.05, 4.69) is 17.0 Å². The zero-order valence-corrected chi connectivity index (χ0v) is 14.6. The van der Waals surface area contributed by atoms with Gasteiger partial charge in [-0.2, -0.15) is 0 Å². The molecule has 24 heavy (non-hydrogen) atoms. The van der Waals surface area contributed by atoms with E-state index in [0.29, 0.717) is 17.9 Å². The van der Waals surface area contributed by atoms with Gasteiger partial charge >= 0.3 is 0 Å². The lowest BCUT2D eigenvalue weighted by atomic mass is 9.84. The Morgan fingerprint density at radius 1 is 1.00 bits per heavy atom. The van der Waals surface area contributed by atoms with Gasteiger partial charge in [-0.25, -0.2) is 0 Å². The van der Waals surface area contributed by atoms with E-state index in [1.807, 2.05) is 42.5 Å². The monoisotopic (exact) mass is 345 g/mol. The average Bonchev–Trinajstić information content (AvgIpc) is 2.62. The van der Waals surface area contributed by atoms with Gasteiger partial charge in [-0.1, -0.05) is 54.1 Å². The van der Waals surface area contributed by atoms with Gasteiger partial charge in [-0.15, -0.1) is 0 Å². The highest BCUT2D eigenvalue weighted by molar-refractivity contribution is 6.30. The first kappa shape index (κ1) is 17.4. The smallest absolute Gasteiger partial charge is 0.0948 e. The van der Waals surface area contributed by atoms with Crippen molar-refractivity contribution in [1.82, 2.24) is 4.90 Å². The maximum absolute atomic E-state index is 11.5. The molecular formula is C20H24ClNO2. The molecule has 0 aromatic heterocycles. The minimum Gasteiger partial charge on any atom is -0.385 e. The Labute approximate surface area is 148 Å². The number of halogens is 1. The fourth-order valence-electron chi connectivity index (χ4n) is 3.20. The van der Waals surface area contributed by atoms with Crippen molar-refractivity contribution in [2.75, 3.05) is 32.8 Å². The van der Waals surface area contributed by atoms with E-state index in [4.69, 9.17) is 16.3 Å². The highest BCUT2D eigenvalue weighted by Gasteiger charge is 2.30. The molecular weight excluding hydrogens is 322 g/mol. The van der Waals surface area contributed by atoms with Crippen LogP contribution in [0.4, 0.5) is 0 Å². The van der Waals surface area contributed by atoms with Crippen molar-refractivity contribution in [3.8, 4) is 0 Å². The second-order valence-electron chi connectivity index (χ2n) is 6.40. The van der Waals surface area contributed by atoms with Crippen molar-refractivity contribution in [2.24, 2.45) is 0 Å². The highest BCUT2D eigenvalue weighted by atomic mass is 35.5. The van der Waals surface area contributed by atoms with Crippen LogP contribution in [0, 0.1) is 0 Å². The molecule has 128 valence electrons. The molecule has 0 bridgehead atoms. The third-order valence-corrected chi connectivity index (χ3v) is 4.92. The van der Waals surface area contributed by atoms with Gasteiger partial charge < -0.3 is 9.84 Å². The number of hydrogen-bond donors (Lipinski definition) is 1. The molecule has 4 heteroatoms. The first-order chi connectivity index (χ1) is 11.7. The summed E-state index contributed by atoms with van der Waals surface area (Å²) in [4.78, 5) is 2.36. The summed E-state index contributed by atoms with van der Waals surface area (Å²) < 4.78 is 5.41. The van der Waals surface area contributed by atoms with Crippen LogP contribution in [0.25, 0.3) is 0 Å². The fourth-order valence-corrected chi connectivity index (χ4v) is 3.32. The van der Waals surface area contributed by atoms with Gasteiger partial charge in [0.1, 0.15) is 0 Å². The Kier molecular flexibility index (Phi) is 5.90. The van der Waals surface area contributed by atoms with E-state index in [1.54, 1.807) is 0 Å². The molecule has 0 aliphatic carbocycles. The van der Waals surface area contributed by atoms with Crippen molar-refractivity contribution in [1.29, 1.82) is 0 Å². The molecule has 2 aromatic carbocycles. The summed E-state index contributed by atoms with van der Waals surface area (Å²) in [5.74, 6) is 0. The standard InChI is InChI=1S/C20H24ClNO2/c21-19-8-6-18(7-9-19)20(23,16-17-4-2-1-3-5-17)10-11-22-12-14-24-15-13-22/h1-9,23H,10-16H2/t20-/m0/s1. The summed E-state index contributed by atoms with van der Waals surface area (Å²) in [6.07, 6.45) is 1.28. The molecule has 2 aromatic rings. The van der Waals surface area contributed by atoms with Crippen molar-refractivity contribution >= 4 is 11.6 Å². The van der Waals surface area contributed by atoms with Crippen LogP contribution in [0.5, 0.6) is 0 Å². The lowest BCUT2D eigenvalue weighted by Crippen LogP contribution is -2.40. The summed E-state index contributed by atoms with van der Waals surface area (Å²) in [6.45, 7) is 4.27. The normalized spacial score (nSPS) is 18.2. The molecule has 1 atom stereocenters. The van der Waals surface area contributed by atoms with Gasteiger partial charge in [0, 0.05) is 31.1 Å². The number of aliphatic hydroxyl groups is 1. The van der Waals surface area contributed by atoms with Gasteiger partial charge in [-0.3, -0.25) is 4.90 Å². The number of nitrogens with zero attached hydrogens (tertiary/aromatic N) is 1. The molecule has 0 saturated carbocycles. The predicted octanol–water partition coefficient (Wildman–Crippen LogP) is 3.49. The van der Waals surface area contributed by atoms with Crippen LogP contribution in [0.15, 0.2) is 54.6 Å². The van der Waals surface area contributed by atoms with E-state index in [9.17, 15) is 5.11 Å². The van der Waals surface area contributed by atoms with Crippen LogP contribution in [-0.4, -0.2) is 42.9 Å². The molecule has 3 nitrogen and oxygen atoms in total. The summed E-state index contributed by atoms with van der Waals surface area (Å²) in [5.41, 5.74) is 1.16. The lowest BCUT2D eigenvalue weighted by Gasteiger charge is -2.33. The maximum atomic E-state index is 11.5. The Hall–Kier alpha value is -1.39. The molecule has 1 fully saturated rings. The molecule has 0 radical (unpaired) electrons. The quantitative estimate of drug-likeness (QED) is 0.869. The second-order valence-corrected chi connectivity index (χ2v) is 6.84. The Bertz CT molecular complexity index is 626. The largest absolute Gasteiger partial charge is 0.385 e. The number of hydrogen-bond acceptors (Lipinski definition) is 3. The van der Waals surface area contributed by atoms with E-state index in [-0.39, 0.29) is 0 Å².